The molecule has 0 aliphatic carbocycles. The molecule has 1 saturated heterocycles. The number of rotatable bonds is 7. The van der Waals surface area contributed by atoms with Crippen LogP contribution in [0.5, 0.6) is 5.75 Å². The van der Waals surface area contributed by atoms with Crippen molar-refractivity contribution in [1.29, 1.82) is 0 Å². The van der Waals surface area contributed by atoms with Gasteiger partial charge in [-0.05, 0) is 37.1 Å². The molecule has 3 nitrogen and oxygen atoms in total. The molecule has 0 saturated carbocycles. The molecule has 0 amide bonds. The Morgan fingerprint density at radius 3 is 2.90 bits per heavy atom. The summed E-state index contributed by atoms with van der Waals surface area (Å²) >= 11 is 1.89. The molecule has 1 fully saturated rings. The van der Waals surface area contributed by atoms with Gasteiger partial charge in [-0.2, -0.15) is 11.8 Å². The highest BCUT2D eigenvalue weighted by atomic mass is 32.2. The summed E-state index contributed by atoms with van der Waals surface area (Å²) in [6.45, 7) is 1.75. The van der Waals surface area contributed by atoms with Gasteiger partial charge in [0.25, 0.3) is 0 Å². The Labute approximate surface area is 131 Å². The molecule has 1 aliphatic heterocycles. The summed E-state index contributed by atoms with van der Waals surface area (Å²) in [5.74, 6) is 8.83. The van der Waals surface area contributed by atoms with Crippen LogP contribution in [-0.4, -0.2) is 42.5 Å². The smallest absolute Gasteiger partial charge is 0.119 e. The normalized spacial score (nSPS) is 17.3. The lowest BCUT2D eigenvalue weighted by atomic mass is 10.2. The molecular formula is C17H22O3S. The average molecular weight is 306 g/mol. The van der Waals surface area contributed by atoms with Gasteiger partial charge in [0, 0.05) is 30.1 Å². The minimum Gasteiger partial charge on any atom is -0.493 e. The van der Waals surface area contributed by atoms with Crippen molar-refractivity contribution < 1.29 is 14.6 Å². The van der Waals surface area contributed by atoms with Gasteiger partial charge in [0.2, 0.25) is 0 Å². The highest BCUT2D eigenvalue weighted by Gasteiger charge is 2.14. The van der Waals surface area contributed by atoms with E-state index in [-0.39, 0.29) is 6.61 Å². The van der Waals surface area contributed by atoms with Gasteiger partial charge < -0.3 is 14.6 Å². The third-order valence-electron chi connectivity index (χ3n) is 3.15. The Balaban J connectivity index is 1.61. The first-order valence-electron chi connectivity index (χ1n) is 7.40. The summed E-state index contributed by atoms with van der Waals surface area (Å²) in [4.78, 5) is 0. The molecule has 1 atom stereocenters. The lowest BCUT2D eigenvalue weighted by Crippen LogP contribution is -2.10. The van der Waals surface area contributed by atoms with Gasteiger partial charge in [-0.15, -0.1) is 0 Å². The molecule has 114 valence electrons. The van der Waals surface area contributed by atoms with E-state index in [1.54, 1.807) is 0 Å². The van der Waals surface area contributed by atoms with Crippen LogP contribution in [0.25, 0.3) is 0 Å². The fraction of sp³-hybridized carbons (Fsp3) is 0.529. The van der Waals surface area contributed by atoms with E-state index in [0.29, 0.717) is 19.1 Å². The molecule has 0 aromatic heterocycles. The van der Waals surface area contributed by atoms with Crippen molar-refractivity contribution in [3.63, 3.8) is 0 Å². The maximum absolute atomic E-state index is 8.67. The predicted octanol–water partition coefficient (Wildman–Crippen LogP) is 2.71. The van der Waals surface area contributed by atoms with Gasteiger partial charge in [-0.1, -0.05) is 11.8 Å². The predicted molar refractivity (Wildman–Crippen MR) is 86.8 cm³/mol. The van der Waals surface area contributed by atoms with Gasteiger partial charge in [0.15, 0.2) is 0 Å². The van der Waals surface area contributed by atoms with Crippen molar-refractivity contribution in [2.75, 3.05) is 31.3 Å². The molecule has 0 radical (unpaired) electrons. The second kappa shape index (κ2) is 9.73. The Bertz CT molecular complexity index is 455. The Kier molecular flexibility index (Phi) is 7.51. The number of benzene rings is 1. The summed E-state index contributed by atoms with van der Waals surface area (Å²) in [6.07, 6.45) is 3.37. The van der Waals surface area contributed by atoms with Crippen LogP contribution in [0.1, 0.15) is 24.8 Å². The molecule has 1 heterocycles. The van der Waals surface area contributed by atoms with Crippen LogP contribution in [0.2, 0.25) is 0 Å². The Hall–Kier alpha value is -1.15. The van der Waals surface area contributed by atoms with Crippen molar-refractivity contribution in [3.8, 4) is 17.6 Å². The first kappa shape index (κ1) is 16.2. The second-order valence-electron chi connectivity index (χ2n) is 4.86. The second-order valence-corrected chi connectivity index (χ2v) is 6.01. The molecule has 1 aromatic rings. The number of ether oxygens (including phenoxy) is 2. The fourth-order valence-corrected chi connectivity index (χ4v) is 2.96. The maximum atomic E-state index is 8.67. The SMILES string of the molecule is OCCC#Cc1ccc(OCCSCC2CCCO2)cc1. The first-order chi connectivity index (χ1) is 10.4. The highest BCUT2D eigenvalue weighted by Crippen LogP contribution is 2.17. The largest absolute Gasteiger partial charge is 0.493 e. The fourth-order valence-electron chi connectivity index (χ4n) is 2.06. The average Bonchev–Trinajstić information content (AvgIpc) is 3.02. The molecular weight excluding hydrogens is 284 g/mol. The van der Waals surface area contributed by atoms with Crippen LogP contribution in [0.15, 0.2) is 24.3 Å². The Morgan fingerprint density at radius 1 is 1.33 bits per heavy atom. The summed E-state index contributed by atoms with van der Waals surface area (Å²) in [6, 6.07) is 7.76. The molecule has 1 aliphatic rings. The molecule has 1 N–H and O–H groups in total. The van der Waals surface area contributed by atoms with Crippen molar-refractivity contribution in [3.05, 3.63) is 29.8 Å². The van der Waals surface area contributed by atoms with E-state index in [1.807, 2.05) is 36.0 Å². The lowest BCUT2D eigenvalue weighted by Gasteiger charge is -2.09. The zero-order chi connectivity index (χ0) is 14.8. The van der Waals surface area contributed by atoms with Gasteiger partial charge in [-0.25, -0.2) is 0 Å². The van der Waals surface area contributed by atoms with E-state index in [9.17, 15) is 0 Å². The molecule has 0 spiro atoms. The van der Waals surface area contributed by atoms with Crippen molar-refractivity contribution in [2.24, 2.45) is 0 Å². The van der Waals surface area contributed by atoms with E-state index < -0.39 is 0 Å². The van der Waals surface area contributed by atoms with Gasteiger partial charge >= 0.3 is 0 Å². The van der Waals surface area contributed by atoms with E-state index in [2.05, 4.69) is 11.8 Å². The zero-order valence-corrected chi connectivity index (χ0v) is 13.0. The molecule has 21 heavy (non-hydrogen) atoms. The van der Waals surface area contributed by atoms with Crippen LogP contribution in [0.3, 0.4) is 0 Å². The standard InChI is InChI=1S/C17H22O3S/c18-10-2-1-4-15-6-8-16(9-7-15)20-12-13-21-14-17-5-3-11-19-17/h6-9,17-18H,2-3,5,10-14H2. The minimum atomic E-state index is 0.109. The molecule has 2 rings (SSSR count). The summed E-state index contributed by atoms with van der Waals surface area (Å²) in [7, 11) is 0. The van der Waals surface area contributed by atoms with Gasteiger partial charge in [0.1, 0.15) is 5.75 Å². The molecule has 1 unspecified atom stereocenters. The minimum absolute atomic E-state index is 0.109. The number of aliphatic hydroxyl groups excluding tert-OH is 1. The Morgan fingerprint density at radius 2 is 2.19 bits per heavy atom. The number of hydrogen-bond donors (Lipinski definition) is 1. The van der Waals surface area contributed by atoms with Crippen LogP contribution in [-0.2, 0) is 4.74 Å². The topological polar surface area (TPSA) is 38.7 Å². The zero-order valence-electron chi connectivity index (χ0n) is 12.2. The molecule has 4 heteroatoms. The summed E-state index contributed by atoms with van der Waals surface area (Å²) in [5.41, 5.74) is 0.948. The van der Waals surface area contributed by atoms with Crippen LogP contribution < -0.4 is 4.74 Å². The summed E-state index contributed by atoms with van der Waals surface area (Å²) < 4.78 is 11.3. The third kappa shape index (κ3) is 6.43. The van der Waals surface area contributed by atoms with Crippen molar-refractivity contribution in [1.82, 2.24) is 0 Å². The van der Waals surface area contributed by atoms with Gasteiger partial charge in [-0.3, -0.25) is 0 Å². The lowest BCUT2D eigenvalue weighted by molar-refractivity contribution is 0.129. The quantitative estimate of drug-likeness (QED) is 0.621. The van der Waals surface area contributed by atoms with Crippen molar-refractivity contribution >= 4 is 11.8 Å². The maximum Gasteiger partial charge on any atom is 0.119 e. The third-order valence-corrected chi connectivity index (χ3v) is 4.21. The summed E-state index contributed by atoms with van der Waals surface area (Å²) in [5, 5.41) is 8.67. The van der Waals surface area contributed by atoms with Crippen LogP contribution in [0, 0.1) is 11.8 Å². The van der Waals surface area contributed by atoms with Crippen molar-refractivity contribution in [2.45, 2.75) is 25.4 Å². The molecule has 0 bridgehead atoms. The number of thioether (sulfide) groups is 1. The van der Waals surface area contributed by atoms with E-state index in [0.717, 1.165) is 29.4 Å². The number of hydrogen-bond acceptors (Lipinski definition) is 4. The van der Waals surface area contributed by atoms with Crippen LogP contribution >= 0.6 is 11.8 Å². The van der Waals surface area contributed by atoms with E-state index in [1.165, 1.54) is 12.8 Å². The van der Waals surface area contributed by atoms with Crippen LogP contribution in [0.4, 0.5) is 0 Å². The first-order valence-corrected chi connectivity index (χ1v) is 8.56. The number of aliphatic hydroxyl groups is 1. The van der Waals surface area contributed by atoms with E-state index in [4.69, 9.17) is 14.6 Å². The monoisotopic (exact) mass is 306 g/mol. The highest BCUT2D eigenvalue weighted by molar-refractivity contribution is 7.99. The molecule has 1 aromatic carbocycles. The van der Waals surface area contributed by atoms with Gasteiger partial charge in [0.05, 0.1) is 19.3 Å². The van der Waals surface area contributed by atoms with E-state index >= 15 is 0 Å².